The summed E-state index contributed by atoms with van der Waals surface area (Å²) < 4.78 is 5.39. The van der Waals surface area contributed by atoms with Crippen molar-refractivity contribution in [2.75, 3.05) is 45.9 Å². The lowest BCUT2D eigenvalue weighted by Crippen LogP contribution is -2.46. The van der Waals surface area contributed by atoms with Crippen LogP contribution in [0.4, 0.5) is 0 Å². The number of rotatable bonds is 6. The molecule has 0 spiro atoms. The lowest BCUT2D eigenvalue weighted by molar-refractivity contribution is -0.137. The number of aromatic amines is 1. The highest BCUT2D eigenvalue weighted by atomic mass is 32.1. The molecule has 1 amide bonds. The molecular formula is C22H30N4O3S. The van der Waals surface area contributed by atoms with Crippen LogP contribution in [0.3, 0.4) is 0 Å². The molecule has 0 saturated carbocycles. The molecule has 4 heterocycles. The minimum absolute atomic E-state index is 0.0139. The number of likely N-dealkylation sites (tertiary alicyclic amines) is 1. The predicted molar refractivity (Wildman–Crippen MR) is 118 cm³/mol. The average Bonchev–Trinajstić information content (AvgIpc) is 3.29. The molecule has 2 saturated heterocycles. The number of nitrogens with one attached hydrogen (secondary N) is 1. The lowest BCUT2D eigenvalue weighted by Gasteiger charge is -2.35. The first-order valence-electron chi connectivity index (χ1n) is 10.8. The maximum atomic E-state index is 12.9. The molecule has 1 N–H and O–H groups in total. The van der Waals surface area contributed by atoms with Gasteiger partial charge in [0.25, 0.3) is 5.56 Å². The SMILES string of the molecule is CC(CN1CCOCC1)C(=O)N1CCC(Cc2nc(-c3ccsc3)cc(=O)[nH]2)CC1. The van der Waals surface area contributed by atoms with E-state index in [0.29, 0.717) is 5.92 Å². The molecule has 1 atom stereocenters. The number of H-pyrrole nitrogens is 1. The first-order valence-corrected chi connectivity index (χ1v) is 11.7. The van der Waals surface area contributed by atoms with Crippen LogP contribution in [0.5, 0.6) is 0 Å². The van der Waals surface area contributed by atoms with E-state index in [-0.39, 0.29) is 17.4 Å². The lowest BCUT2D eigenvalue weighted by atomic mass is 9.92. The van der Waals surface area contributed by atoms with Gasteiger partial charge in [0.1, 0.15) is 5.82 Å². The van der Waals surface area contributed by atoms with Crippen molar-refractivity contribution in [3.8, 4) is 11.3 Å². The summed E-state index contributed by atoms with van der Waals surface area (Å²) in [6.07, 6.45) is 2.64. The third-order valence-electron chi connectivity index (χ3n) is 6.07. The molecule has 2 aliphatic heterocycles. The number of aromatic nitrogens is 2. The molecule has 4 rings (SSSR count). The Bertz CT molecular complexity index is 884. The number of hydrogen-bond acceptors (Lipinski definition) is 6. The summed E-state index contributed by atoms with van der Waals surface area (Å²) in [4.78, 5) is 36.8. The second kappa shape index (κ2) is 9.85. The smallest absolute Gasteiger partial charge is 0.251 e. The minimum atomic E-state index is -0.106. The van der Waals surface area contributed by atoms with E-state index in [1.807, 2.05) is 28.7 Å². The molecule has 0 aliphatic carbocycles. The Morgan fingerprint density at radius 3 is 2.77 bits per heavy atom. The van der Waals surface area contributed by atoms with Crippen LogP contribution in [0.1, 0.15) is 25.6 Å². The maximum Gasteiger partial charge on any atom is 0.251 e. The number of nitrogens with zero attached hydrogens (tertiary/aromatic N) is 3. The highest BCUT2D eigenvalue weighted by Gasteiger charge is 2.28. The van der Waals surface area contributed by atoms with Gasteiger partial charge in [0, 0.05) is 62.1 Å². The predicted octanol–water partition coefficient (Wildman–Crippen LogP) is 2.25. The first kappa shape index (κ1) is 21.2. The maximum absolute atomic E-state index is 12.9. The van der Waals surface area contributed by atoms with Crippen molar-refractivity contribution in [2.24, 2.45) is 11.8 Å². The zero-order valence-corrected chi connectivity index (χ0v) is 18.3. The molecular weight excluding hydrogens is 400 g/mol. The molecule has 0 radical (unpaired) electrons. The molecule has 0 aromatic carbocycles. The molecule has 2 aliphatic rings. The van der Waals surface area contributed by atoms with E-state index in [1.165, 1.54) is 0 Å². The number of thiophene rings is 1. The van der Waals surface area contributed by atoms with E-state index < -0.39 is 0 Å². The Balaban J connectivity index is 1.29. The van der Waals surface area contributed by atoms with Crippen LogP contribution in [0.2, 0.25) is 0 Å². The van der Waals surface area contributed by atoms with Gasteiger partial charge in [-0.15, -0.1) is 0 Å². The van der Waals surface area contributed by atoms with Gasteiger partial charge < -0.3 is 14.6 Å². The minimum Gasteiger partial charge on any atom is -0.379 e. The Morgan fingerprint density at radius 1 is 1.30 bits per heavy atom. The number of piperidine rings is 1. The Hall–Kier alpha value is -2.03. The molecule has 30 heavy (non-hydrogen) atoms. The Kier molecular flexibility index (Phi) is 6.97. The number of morpholine rings is 1. The third-order valence-corrected chi connectivity index (χ3v) is 6.76. The van der Waals surface area contributed by atoms with Gasteiger partial charge in [0.05, 0.1) is 18.9 Å². The number of hydrogen-bond donors (Lipinski definition) is 1. The summed E-state index contributed by atoms with van der Waals surface area (Å²) in [5.41, 5.74) is 1.62. The highest BCUT2D eigenvalue weighted by Crippen LogP contribution is 2.23. The number of carbonyl (C=O) groups excluding carboxylic acids is 1. The summed E-state index contributed by atoms with van der Waals surface area (Å²) in [6.45, 7) is 7.75. The Morgan fingerprint density at radius 2 is 2.07 bits per heavy atom. The first-order chi connectivity index (χ1) is 14.6. The van der Waals surface area contributed by atoms with Gasteiger partial charge in [-0.2, -0.15) is 11.3 Å². The monoisotopic (exact) mass is 430 g/mol. The summed E-state index contributed by atoms with van der Waals surface area (Å²) in [5.74, 6) is 1.45. The van der Waals surface area contributed by atoms with E-state index in [0.717, 1.165) is 82.3 Å². The van der Waals surface area contributed by atoms with Gasteiger partial charge >= 0.3 is 0 Å². The van der Waals surface area contributed by atoms with E-state index in [9.17, 15) is 9.59 Å². The second-order valence-corrected chi connectivity index (χ2v) is 9.16. The molecule has 2 fully saturated rings. The molecule has 162 valence electrons. The quantitative estimate of drug-likeness (QED) is 0.761. The standard InChI is InChI=1S/C22H30N4O3S/c1-16(14-25-7-9-29-10-8-25)22(28)26-5-2-17(3-6-26)12-20-23-19(13-21(27)24-20)18-4-11-30-15-18/h4,11,13,15-17H,2-3,5-10,12,14H2,1H3,(H,23,24,27). The molecule has 2 aromatic heterocycles. The summed E-state index contributed by atoms with van der Waals surface area (Å²) in [5, 5.41) is 4.00. The second-order valence-electron chi connectivity index (χ2n) is 8.38. The molecule has 2 aromatic rings. The summed E-state index contributed by atoms with van der Waals surface area (Å²) in [7, 11) is 0. The van der Waals surface area contributed by atoms with Gasteiger partial charge in [0.2, 0.25) is 5.91 Å². The van der Waals surface area contributed by atoms with Gasteiger partial charge in [-0.25, -0.2) is 4.98 Å². The molecule has 7 nitrogen and oxygen atoms in total. The van der Waals surface area contributed by atoms with Crippen molar-refractivity contribution in [1.82, 2.24) is 19.8 Å². The number of amides is 1. The Labute approximate surface area is 181 Å². The fraction of sp³-hybridized carbons (Fsp3) is 0.591. The van der Waals surface area contributed by atoms with E-state index in [1.54, 1.807) is 17.4 Å². The fourth-order valence-electron chi connectivity index (χ4n) is 4.35. The van der Waals surface area contributed by atoms with Crippen molar-refractivity contribution in [1.29, 1.82) is 0 Å². The zero-order valence-electron chi connectivity index (χ0n) is 17.5. The van der Waals surface area contributed by atoms with Crippen LogP contribution >= 0.6 is 11.3 Å². The number of carbonyl (C=O) groups is 1. The third kappa shape index (κ3) is 5.36. The van der Waals surface area contributed by atoms with Crippen molar-refractivity contribution < 1.29 is 9.53 Å². The van der Waals surface area contributed by atoms with E-state index >= 15 is 0 Å². The largest absolute Gasteiger partial charge is 0.379 e. The van der Waals surface area contributed by atoms with Gasteiger partial charge in [-0.1, -0.05) is 6.92 Å². The molecule has 1 unspecified atom stereocenters. The number of ether oxygens (including phenoxy) is 1. The molecule has 8 heteroatoms. The van der Waals surface area contributed by atoms with Crippen LogP contribution in [-0.4, -0.2) is 71.6 Å². The van der Waals surface area contributed by atoms with Crippen LogP contribution in [0.25, 0.3) is 11.3 Å². The van der Waals surface area contributed by atoms with E-state index in [4.69, 9.17) is 4.74 Å². The van der Waals surface area contributed by atoms with Gasteiger partial charge in [0.15, 0.2) is 0 Å². The van der Waals surface area contributed by atoms with Crippen LogP contribution in [-0.2, 0) is 16.0 Å². The van der Waals surface area contributed by atoms with Gasteiger partial charge in [-0.3, -0.25) is 14.5 Å². The summed E-state index contributed by atoms with van der Waals surface area (Å²) >= 11 is 1.60. The van der Waals surface area contributed by atoms with Crippen LogP contribution in [0.15, 0.2) is 27.7 Å². The zero-order chi connectivity index (χ0) is 20.9. The van der Waals surface area contributed by atoms with Crippen molar-refractivity contribution in [2.45, 2.75) is 26.2 Å². The van der Waals surface area contributed by atoms with Crippen LogP contribution < -0.4 is 5.56 Å². The topological polar surface area (TPSA) is 78.5 Å². The average molecular weight is 431 g/mol. The normalized spacial score (nSPS) is 19.7. The summed E-state index contributed by atoms with van der Waals surface area (Å²) in [6, 6.07) is 3.54. The molecule has 0 bridgehead atoms. The van der Waals surface area contributed by atoms with Crippen molar-refractivity contribution >= 4 is 17.2 Å². The van der Waals surface area contributed by atoms with Crippen LogP contribution in [0, 0.1) is 11.8 Å². The highest BCUT2D eigenvalue weighted by molar-refractivity contribution is 7.08. The van der Waals surface area contributed by atoms with Crippen molar-refractivity contribution in [3.05, 3.63) is 39.1 Å². The fourth-order valence-corrected chi connectivity index (χ4v) is 5.00. The van der Waals surface area contributed by atoms with Crippen molar-refractivity contribution in [3.63, 3.8) is 0 Å². The van der Waals surface area contributed by atoms with Gasteiger partial charge in [-0.05, 0) is 30.2 Å². The van der Waals surface area contributed by atoms with E-state index in [2.05, 4.69) is 14.9 Å².